The molecule has 0 bridgehead atoms. The third kappa shape index (κ3) is 2.60. The van der Waals surface area contributed by atoms with Crippen molar-refractivity contribution in [1.82, 2.24) is 4.98 Å². The molecule has 0 spiro atoms. The van der Waals surface area contributed by atoms with Crippen molar-refractivity contribution in [3.05, 3.63) is 24.9 Å². The fourth-order valence-corrected chi connectivity index (χ4v) is 5.38. The Morgan fingerprint density at radius 1 is 1.26 bits per heavy atom. The molecule has 0 amide bonds. The van der Waals surface area contributed by atoms with Gasteiger partial charge in [-0.2, -0.15) is 0 Å². The van der Waals surface area contributed by atoms with E-state index >= 15 is 0 Å². The second kappa shape index (κ2) is 4.76. The first-order chi connectivity index (χ1) is 8.85. The predicted octanol–water partition coefficient (Wildman–Crippen LogP) is 5.55. The second-order valence-corrected chi connectivity index (χ2v) is 9.69. The summed E-state index contributed by atoms with van der Waals surface area (Å²) in [6, 6.07) is 2.05. The van der Waals surface area contributed by atoms with Gasteiger partial charge in [0.2, 0.25) is 0 Å². The van der Waals surface area contributed by atoms with Gasteiger partial charge in [-0.05, 0) is 49.8 Å². The normalized spacial score (nSPS) is 17.6. The van der Waals surface area contributed by atoms with E-state index < -0.39 is 0 Å². The maximum absolute atomic E-state index is 12.2. The third-order valence-corrected chi connectivity index (χ3v) is 7.66. The number of aromatic nitrogens is 1. The van der Waals surface area contributed by atoms with Crippen LogP contribution in [0.1, 0.15) is 35.6 Å². The highest BCUT2D eigenvalue weighted by atomic mass is 79.9. The lowest BCUT2D eigenvalue weighted by molar-refractivity contribution is 0.0916. The van der Waals surface area contributed by atoms with Gasteiger partial charge in [0, 0.05) is 10.9 Å². The number of hydrogen-bond acceptors (Lipinski definition) is 4. The monoisotopic (exact) mass is 419 g/mol. The zero-order valence-electron chi connectivity index (χ0n) is 10.4. The zero-order valence-corrected chi connectivity index (χ0v) is 15.2. The van der Waals surface area contributed by atoms with Crippen LogP contribution in [0.3, 0.4) is 0 Å². The summed E-state index contributed by atoms with van der Waals surface area (Å²) < 4.78 is 2.09. The predicted molar refractivity (Wildman–Crippen MR) is 87.3 cm³/mol. The summed E-state index contributed by atoms with van der Waals surface area (Å²) in [4.78, 5) is 18.8. The average molecular weight is 421 g/mol. The van der Waals surface area contributed by atoms with E-state index in [1.165, 1.54) is 11.3 Å². The van der Waals surface area contributed by atoms with Crippen molar-refractivity contribution in [3.8, 4) is 9.88 Å². The maximum atomic E-state index is 12.2. The topological polar surface area (TPSA) is 30.0 Å². The van der Waals surface area contributed by atoms with Crippen molar-refractivity contribution in [2.45, 2.75) is 26.7 Å². The van der Waals surface area contributed by atoms with Gasteiger partial charge in [0.25, 0.3) is 0 Å². The minimum Gasteiger partial charge on any atom is -0.293 e. The Morgan fingerprint density at radius 3 is 2.63 bits per heavy atom. The van der Waals surface area contributed by atoms with Gasteiger partial charge >= 0.3 is 0 Å². The van der Waals surface area contributed by atoms with Gasteiger partial charge in [0.15, 0.2) is 5.78 Å². The van der Waals surface area contributed by atoms with Crippen molar-refractivity contribution < 1.29 is 4.79 Å². The van der Waals surface area contributed by atoms with E-state index in [1.54, 1.807) is 11.3 Å². The Morgan fingerprint density at radius 2 is 2.00 bits per heavy atom. The van der Waals surface area contributed by atoms with Gasteiger partial charge in [0.05, 0.1) is 19.2 Å². The highest BCUT2D eigenvalue weighted by Gasteiger charge is 2.34. The summed E-state index contributed by atoms with van der Waals surface area (Å²) in [5.41, 5.74) is 1.01. The molecule has 0 aromatic carbocycles. The van der Waals surface area contributed by atoms with Crippen LogP contribution in [0.5, 0.6) is 0 Å². The lowest BCUT2D eigenvalue weighted by Gasteiger charge is -2.26. The van der Waals surface area contributed by atoms with Crippen LogP contribution in [0, 0.1) is 5.41 Å². The number of hydrogen-bond donors (Lipinski definition) is 0. The maximum Gasteiger partial charge on any atom is 0.175 e. The highest BCUT2D eigenvalue weighted by molar-refractivity contribution is 9.13. The van der Waals surface area contributed by atoms with E-state index in [2.05, 4.69) is 56.8 Å². The minimum atomic E-state index is 0.0338. The van der Waals surface area contributed by atoms with Crippen LogP contribution in [0.4, 0.5) is 0 Å². The Bertz CT molecular complexity index is 653. The van der Waals surface area contributed by atoms with Crippen molar-refractivity contribution in [2.75, 3.05) is 0 Å². The SMILES string of the molecule is CC1(C)CC(=O)c2sc(-c3cc(Br)c(Br)s3)nc2C1. The van der Waals surface area contributed by atoms with Crippen LogP contribution < -0.4 is 0 Å². The molecule has 1 aliphatic carbocycles. The molecular formula is C13H11Br2NOS2. The second-order valence-electron chi connectivity index (χ2n) is 5.47. The first-order valence-corrected chi connectivity index (χ1v) is 9.06. The Kier molecular flexibility index (Phi) is 3.48. The molecule has 2 aromatic rings. The molecule has 0 atom stereocenters. The number of thiazole rings is 1. The fourth-order valence-electron chi connectivity index (χ4n) is 2.28. The van der Waals surface area contributed by atoms with E-state index in [-0.39, 0.29) is 11.2 Å². The number of Topliss-reactive ketones (excluding diaryl/α,β-unsaturated/α-hetero) is 1. The highest BCUT2D eigenvalue weighted by Crippen LogP contribution is 2.43. The molecule has 0 saturated carbocycles. The molecule has 0 aliphatic heterocycles. The van der Waals surface area contributed by atoms with Gasteiger partial charge in [-0.3, -0.25) is 4.79 Å². The number of halogens is 2. The van der Waals surface area contributed by atoms with Gasteiger partial charge in [-0.15, -0.1) is 22.7 Å². The molecule has 3 rings (SSSR count). The van der Waals surface area contributed by atoms with E-state index in [0.29, 0.717) is 6.42 Å². The van der Waals surface area contributed by atoms with E-state index in [4.69, 9.17) is 0 Å². The van der Waals surface area contributed by atoms with Crippen molar-refractivity contribution >= 4 is 60.3 Å². The molecule has 0 N–H and O–H groups in total. The molecule has 6 heteroatoms. The van der Waals surface area contributed by atoms with Crippen LogP contribution in [0.15, 0.2) is 14.3 Å². The number of fused-ring (bicyclic) bond motifs is 1. The Hall–Kier alpha value is -0.0400. The minimum absolute atomic E-state index is 0.0338. The zero-order chi connectivity index (χ0) is 13.8. The van der Waals surface area contributed by atoms with Crippen LogP contribution in [-0.4, -0.2) is 10.8 Å². The molecule has 0 unspecified atom stereocenters. The average Bonchev–Trinajstić information content (AvgIpc) is 2.82. The van der Waals surface area contributed by atoms with Crippen LogP contribution in [-0.2, 0) is 6.42 Å². The number of thiophene rings is 1. The number of carbonyl (C=O) groups is 1. The Labute approximate surface area is 136 Å². The summed E-state index contributed by atoms with van der Waals surface area (Å²) in [7, 11) is 0. The van der Waals surface area contributed by atoms with E-state index in [1.807, 2.05) is 0 Å². The molecule has 1 aliphatic rings. The summed E-state index contributed by atoms with van der Waals surface area (Å²) in [5.74, 6) is 0.240. The van der Waals surface area contributed by atoms with Crippen molar-refractivity contribution in [3.63, 3.8) is 0 Å². The third-order valence-electron chi connectivity index (χ3n) is 3.09. The van der Waals surface area contributed by atoms with Gasteiger partial charge < -0.3 is 0 Å². The standard InChI is InChI=1S/C13H11Br2NOS2/c1-13(2)4-7-10(8(17)5-13)19-12(16-7)9-3-6(14)11(15)18-9/h3H,4-5H2,1-2H3. The number of ketones is 1. The summed E-state index contributed by atoms with van der Waals surface area (Å²) >= 11 is 10.2. The number of rotatable bonds is 1. The van der Waals surface area contributed by atoms with Gasteiger partial charge in [0.1, 0.15) is 5.01 Å². The summed E-state index contributed by atoms with van der Waals surface area (Å²) in [6.07, 6.45) is 1.51. The smallest absolute Gasteiger partial charge is 0.175 e. The summed E-state index contributed by atoms with van der Waals surface area (Å²) in [6.45, 7) is 4.26. The van der Waals surface area contributed by atoms with Crippen molar-refractivity contribution in [1.29, 1.82) is 0 Å². The van der Waals surface area contributed by atoms with Crippen LogP contribution in [0.2, 0.25) is 0 Å². The molecule has 2 heterocycles. The van der Waals surface area contributed by atoms with E-state index in [0.717, 1.165) is 35.1 Å². The molecule has 19 heavy (non-hydrogen) atoms. The molecular weight excluding hydrogens is 410 g/mol. The van der Waals surface area contributed by atoms with Crippen LogP contribution >= 0.6 is 54.5 Å². The molecule has 0 radical (unpaired) electrons. The molecule has 2 nitrogen and oxygen atoms in total. The number of nitrogens with zero attached hydrogens (tertiary/aromatic N) is 1. The van der Waals surface area contributed by atoms with Gasteiger partial charge in [-0.25, -0.2) is 4.98 Å². The lowest BCUT2D eigenvalue weighted by Crippen LogP contribution is -2.25. The summed E-state index contributed by atoms with van der Waals surface area (Å²) in [5, 5.41) is 0.951. The molecule has 2 aromatic heterocycles. The Balaban J connectivity index is 2.06. The molecule has 0 saturated heterocycles. The van der Waals surface area contributed by atoms with E-state index in [9.17, 15) is 4.79 Å². The van der Waals surface area contributed by atoms with Gasteiger partial charge in [-0.1, -0.05) is 13.8 Å². The fraction of sp³-hybridized carbons (Fsp3) is 0.385. The molecule has 0 fully saturated rings. The van der Waals surface area contributed by atoms with Crippen molar-refractivity contribution in [2.24, 2.45) is 5.41 Å². The first-order valence-electron chi connectivity index (χ1n) is 5.84. The number of carbonyl (C=O) groups excluding carboxylic acids is 1. The van der Waals surface area contributed by atoms with Crippen LogP contribution in [0.25, 0.3) is 9.88 Å². The molecule has 100 valence electrons. The lowest BCUT2D eigenvalue weighted by atomic mass is 9.78. The first kappa shape index (κ1) is 13.9. The largest absolute Gasteiger partial charge is 0.293 e. The quantitative estimate of drug-likeness (QED) is 0.605.